The molecule has 3 rings (SSSR count). The highest BCUT2D eigenvalue weighted by Gasteiger charge is 2.22. The van der Waals surface area contributed by atoms with E-state index < -0.39 is 9.84 Å². The molecule has 118 valence electrons. The van der Waals surface area contributed by atoms with Crippen LogP contribution in [-0.2, 0) is 26.9 Å². The van der Waals surface area contributed by atoms with Gasteiger partial charge in [-0.3, -0.25) is 0 Å². The number of rotatable bonds is 5. The van der Waals surface area contributed by atoms with E-state index in [0.717, 1.165) is 26.1 Å². The predicted octanol–water partition coefficient (Wildman–Crippen LogP) is 1.07. The van der Waals surface area contributed by atoms with Gasteiger partial charge in [0, 0.05) is 19.8 Å². The van der Waals surface area contributed by atoms with Crippen molar-refractivity contribution in [2.45, 2.75) is 30.0 Å². The Labute approximate surface area is 129 Å². The minimum Gasteiger partial charge on any atom is -0.381 e. The standard InChI is InChI=1S/C14H18N4O3S/c19-22(20,13-4-2-1-3-5-13)11-14-15-16-17-18(14)10-12-6-8-21-9-7-12/h1-5,12H,6-11H2. The van der Waals surface area contributed by atoms with E-state index in [2.05, 4.69) is 15.5 Å². The van der Waals surface area contributed by atoms with Crippen LogP contribution in [-0.4, -0.2) is 41.8 Å². The van der Waals surface area contributed by atoms with Gasteiger partial charge in [-0.2, -0.15) is 0 Å². The van der Waals surface area contributed by atoms with E-state index in [4.69, 9.17) is 4.74 Å². The molecule has 0 spiro atoms. The van der Waals surface area contributed by atoms with Crippen LogP contribution >= 0.6 is 0 Å². The zero-order valence-corrected chi connectivity index (χ0v) is 12.9. The van der Waals surface area contributed by atoms with E-state index in [1.165, 1.54) is 0 Å². The fourth-order valence-electron chi connectivity index (χ4n) is 2.52. The molecule has 0 atom stereocenters. The number of hydrogen-bond donors (Lipinski definition) is 0. The molecule has 0 aliphatic carbocycles. The first-order chi connectivity index (χ1) is 10.6. The van der Waals surface area contributed by atoms with Gasteiger partial charge in [-0.25, -0.2) is 13.1 Å². The number of ether oxygens (including phenoxy) is 1. The molecule has 0 amide bonds. The molecule has 1 fully saturated rings. The van der Waals surface area contributed by atoms with Crippen LogP contribution < -0.4 is 0 Å². The Morgan fingerprint density at radius 1 is 1.18 bits per heavy atom. The van der Waals surface area contributed by atoms with Crippen LogP contribution in [0, 0.1) is 5.92 Å². The van der Waals surface area contributed by atoms with Gasteiger partial charge in [-0.15, -0.1) is 5.10 Å². The lowest BCUT2D eigenvalue weighted by atomic mass is 10.0. The molecule has 7 nitrogen and oxygen atoms in total. The van der Waals surface area contributed by atoms with Gasteiger partial charge >= 0.3 is 0 Å². The van der Waals surface area contributed by atoms with Crippen molar-refractivity contribution in [3.8, 4) is 0 Å². The zero-order chi connectivity index (χ0) is 15.4. The van der Waals surface area contributed by atoms with Crippen molar-refractivity contribution in [1.82, 2.24) is 20.2 Å². The summed E-state index contributed by atoms with van der Waals surface area (Å²) in [6.45, 7) is 2.12. The van der Waals surface area contributed by atoms with Crippen molar-refractivity contribution in [3.63, 3.8) is 0 Å². The molecule has 0 bridgehead atoms. The average Bonchev–Trinajstić information content (AvgIpc) is 2.95. The lowest BCUT2D eigenvalue weighted by Gasteiger charge is -2.21. The van der Waals surface area contributed by atoms with Gasteiger partial charge < -0.3 is 4.74 Å². The summed E-state index contributed by atoms with van der Waals surface area (Å²) in [5.41, 5.74) is 0. The van der Waals surface area contributed by atoms with Crippen molar-refractivity contribution >= 4 is 9.84 Å². The number of tetrazole rings is 1. The molecule has 0 unspecified atom stereocenters. The van der Waals surface area contributed by atoms with Crippen LogP contribution in [0.15, 0.2) is 35.2 Å². The maximum atomic E-state index is 12.4. The highest BCUT2D eigenvalue weighted by atomic mass is 32.2. The normalized spacial score (nSPS) is 16.7. The molecule has 0 radical (unpaired) electrons. The second-order valence-corrected chi connectivity index (χ2v) is 7.39. The average molecular weight is 322 g/mol. The summed E-state index contributed by atoms with van der Waals surface area (Å²) in [7, 11) is -3.43. The number of hydrogen-bond acceptors (Lipinski definition) is 6. The number of sulfone groups is 1. The third-order valence-electron chi connectivity index (χ3n) is 3.80. The monoisotopic (exact) mass is 322 g/mol. The molecule has 0 saturated carbocycles. The fourth-order valence-corrected chi connectivity index (χ4v) is 3.81. The first kappa shape index (κ1) is 15.1. The van der Waals surface area contributed by atoms with Gasteiger partial charge in [0.1, 0.15) is 5.75 Å². The molecular formula is C14H18N4O3S. The molecule has 1 saturated heterocycles. The fraction of sp³-hybridized carbons (Fsp3) is 0.500. The van der Waals surface area contributed by atoms with Crippen LogP contribution in [0.3, 0.4) is 0 Å². The van der Waals surface area contributed by atoms with Crippen molar-refractivity contribution in [2.75, 3.05) is 13.2 Å². The first-order valence-corrected chi connectivity index (χ1v) is 8.91. The summed E-state index contributed by atoms with van der Waals surface area (Å²) in [5, 5.41) is 11.5. The minimum absolute atomic E-state index is 0.187. The van der Waals surface area contributed by atoms with Gasteiger partial charge in [0.15, 0.2) is 15.7 Å². The van der Waals surface area contributed by atoms with E-state index in [1.807, 2.05) is 0 Å². The Balaban J connectivity index is 1.74. The van der Waals surface area contributed by atoms with Gasteiger partial charge in [0.05, 0.1) is 4.90 Å². The highest BCUT2D eigenvalue weighted by Crippen LogP contribution is 2.19. The first-order valence-electron chi connectivity index (χ1n) is 7.26. The molecule has 1 aromatic heterocycles. The Bertz CT molecular complexity index is 709. The lowest BCUT2D eigenvalue weighted by Crippen LogP contribution is -2.22. The van der Waals surface area contributed by atoms with Crippen LogP contribution in [0.25, 0.3) is 0 Å². The van der Waals surface area contributed by atoms with Crippen LogP contribution in [0.4, 0.5) is 0 Å². The third kappa shape index (κ3) is 3.50. The van der Waals surface area contributed by atoms with Crippen molar-refractivity contribution < 1.29 is 13.2 Å². The van der Waals surface area contributed by atoms with Crippen LogP contribution in [0.5, 0.6) is 0 Å². The second kappa shape index (κ2) is 6.53. The Hall–Kier alpha value is -1.80. The number of benzene rings is 1. The molecule has 8 heteroatoms. The van der Waals surface area contributed by atoms with Gasteiger partial charge in [-0.1, -0.05) is 18.2 Å². The predicted molar refractivity (Wildman–Crippen MR) is 78.7 cm³/mol. The van der Waals surface area contributed by atoms with Crippen LogP contribution in [0.2, 0.25) is 0 Å². The zero-order valence-electron chi connectivity index (χ0n) is 12.1. The van der Waals surface area contributed by atoms with E-state index in [0.29, 0.717) is 18.3 Å². The second-order valence-electron chi connectivity index (χ2n) is 5.41. The van der Waals surface area contributed by atoms with Gasteiger partial charge in [-0.05, 0) is 41.3 Å². The summed E-state index contributed by atoms with van der Waals surface area (Å²) in [5.74, 6) is 0.624. The Morgan fingerprint density at radius 3 is 2.64 bits per heavy atom. The number of aromatic nitrogens is 4. The van der Waals surface area contributed by atoms with Gasteiger partial charge in [0.25, 0.3) is 0 Å². The Kier molecular flexibility index (Phi) is 4.49. The molecule has 1 aromatic carbocycles. The topological polar surface area (TPSA) is 87.0 Å². The smallest absolute Gasteiger partial charge is 0.185 e. The summed E-state index contributed by atoms with van der Waals surface area (Å²) in [6, 6.07) is 8.37. The van der Waals surface area contributed by atoms with Crippen molar-refractivity contribution in [2.24, 2.45) is 5.92 Å². The summed E-state index contributed by atoms with van der Waals surface area (Å²) in [4.78, 5) is 0.288. The quantitative estimate of drug-likeness (QED) is 0.818. The van der Waals surface area contributed by atoms with Crippen molar-refractivity contribution in [1.29, 1.82) is 0 Å². The molecular weight excluding hydrogens is 304 g/mol. The summed E-state index contributed by atoms with van der Waals surface area (Å²) in [6.07, 6.45) is 1.90. The van der Waals surface area contributed by atoms with E-state index in [9.17, 15) is 8.42 Å². The maximum absolute atomic E-state index is 12.4. The molecule has 1 aliphatic rings. The molecule has 2 heterocycles. The SMILES string of the molecule is O=S(=O)(Cc1nnnn1CC1CCOCC1)c1ccccc1. The largest absolute Gasteiger partial charge is 0.381 e. The number of nitrogens with zero attached hydrogens (tertiary/aromatic N) is 4. The molecule has 1 aliphatic heterocycles. The van der Waals surface area contributed by atoms with E-state index in [-0.39, 0.29) is 10.6 Å². The summed E-state index contributed by atoms with van der Waals surface area (Å²) < 4.78 is 31.8. The minimum atomic E-state index is -3.43. The highest BCUT2D eigenvalue weighted by molar-refractivity contribution is 7.90. The van der Waals surface area contributed by atoms with Crippen LogP contribution in [0.1, 0.15) is 18.7 Å². The summed E-state index contributed by atoms with van der Waals surface area (Å²) >= 11 is 0. The Morgan fingerprint density at radius 2 is 1.91 bits per heavy atom. The van der Waals surface area contributed by atoms with Crippen molar-refractivity contribution in [3.05, 3.63) is 36.2 Å². The van der Waals surface area contributed by atoms with E-state index in [1.54, 1.807) is 35.0 Å². The molecule has 0 N–H and O–H groups in total. The van der Waals surface area contributed by atoms with Gasteiger partial charge in [0.2, 0.25) is 0 Å². The maximum Gasteiger partial charge on any atom is 0.185 e. The lowest BCUT2D eigenvalue weighted by molar-refractivity contribution is 0.0597. The third-order valence-corrected chi connectivity index (χ3v) is 5.43. The van der Waals surface area contributed by atoms with E-state index >= 15 is 0 Å². The molecule has 2 aromatic rings. The molecule has 22 heavy (non-hydrogen) atoms.